The molecule has 0 aliphatic carbocycles. The number of nitrogens with two attached hydrogens (primary N) is 1. The van der Waals surface area contributed by atoms with Crippen molar-refractivity contribution in [3.05, 3.63) is 54.4 Å². The SMILES string of the molecule is COc1cc(/C=N\NC(=O)COc2ccc(-n3cnnn3)cc2)ccc1OCC(N)=O. The minimum Gasteiger partial charge on any atom is -0.493 e. The van der Waals surface area contributed by atoms with E-state index in [1.165, 1.54) is 24.3 Å². The molecule has 0 aliphatic rings. The monoisotopic (exact) mass is 425 g/mol. The summed E-state index contributed by atoms with van der Waals surface area (Å²) in [7, 11) is 1.46. The number of hydrogen-bond donors (Lipinski definition) is 2. The van der Waals surface area contributed by atoms with Gasteiger partial charge in [-0.3, -0.25) is 9.59 Å². The molecule has 2 amide bonds. The summed E-state index contributed by atoms with van der Waals surface area (Å²) in [5.41, 5.74) is 8.83. The molecule has 1 heterocycles. The fourth-order valence-corrected chi connectivity index (χ4v) is 2.37. The van der Waals surface area contributed by atoms with Gasteiger partial charge in [0.15, 0.2) is 24.7 Å². The molecule has 0 spiro atoms. The maximum Gasteiger partial charge on any atom is 0.277 e. The highest BCUT2D eigenvalue weighted by Gasteiger charge is 2.07. The maximum absolute atomic E-state index is 11.9. The van der Waals surface area contributed by atoms with E-state index in [0.29, 0.717) is 22.8 Å². The number of hydrazone groups is 1. The number of benzene rings is 2. The largest absolute Gasteiger partial charge is 0.493 e. The van der Waals surface area contributed by atoms with Crippen LogP contribution in [-0.4, -0.2) is 58.6 Å². The second-order valence-electron chi connectivity index (χ2n) is 6.00. The summed E-state index contributed by atoms with van der Waals surface area (Å²) < 4.78 is 17.4. The second-order valence-corrected chi connectivity index (χ2v) is 6.00. The van der Waals surface area contributed by atoms with E-state index in [2.05, 4.69) is 26.1 Å². The molecule has 12 heteroatoms. The molecule has 0 saturated carbocycles. The Bertz CT molecular complexity index is 1050. The van der Waals surface area contributed by atoms with Crippen LogP contribution in [0.2, 0.25) is 0 Å². The first kappa shape index (κ1) is 21.2. The van der Waals surface area contributed by atoms with Crippen molar-refractivity contribution in [2.24, 2.45) is 10.8 Å². The quantitative estimate of drug-likeness (QED) is 0.341. The molecule has 3 N–H and O–H groups in total. The van der Waals surface area contributed by atoms with Gasteiger partial charge in [0.05, 0.1) is 19.0 Å². The number of rotatable bonds is 10. The molecule has 0 aliphatic heterocycles. The molecule has 3 rings (SSSR count). The van der Waals surface area contributed by atoms with Crippen molar-refractivity contribution in [1.82, 2.24) is 25.6 Å². The normalized spacial score (nSPS) is 10.6. The van der Waals surface area contributed by atoms with Gasteiger partial charge in [0.2, 0.25) is 0 Å². The maximum atomic E-state index is 11.9. The van der Waals surface area contributed by atoms with Crippen molar-refractivity contribution in [1.29, 1.82) is 0 Å². The first-order valence-electron chi connectivity index (χ1n) is 8.92. The lowest BCUT2D eigenvalue weighted by Gasteiger charge is -2.09. The predicted molar refractivity (Wildman–Crippen MR) is 108 cm³/mol. The number of carbonyl (C=O) groups excluding carboxylic acids is 2. The molecular weight excluding hydrogens is 406 g/mol. The summed E-state index contributed by atoms with van der Waals surface area (Å²) in [5, 5.41) is 14.8. The number of primary amides is 1. The van der Waals surface area contributed by atoms with E-state index in [-0.39, 0.29) is 13.2 Å². The van der Waals surface area contributed by atoms with Crippen molar-refractivity contribution < 1.29 is 23.8 Å². The average molecular weight is 425 g/mol. The van der Waals surface area contributed by atoms with Crippen molar-refractivity contribution in [3.8, 4) is 22.9 Å². The van der Waals surface area contributed by atoms with Crippen LogP contribution in [0.5, 0.6) is 17.2 Å². The Labute approximate surface area is 176 Å². The molecule has 0 radical (unpaired) electrons. The zero-order valence-electron chi connectivity index (χ0n) is 16.5. The highest BCUT2D eigenvalue weighted by atomic mass is 16.5. The minimum atomic E-state index is -0.596. The Morgan fingerprint density at radius 2 is 1.94 bits per heavy atom. The van der Waals surface area contributed by atoms with Crippen LogP contribution in [0.4, 0.5) is 0 Å². The summed E-state index contributed by atoms with van der Waals surface area (Å²) in [6.45, 7) is -0.481. The lowest BCUT2D eigenvalue weighted by atomic mass is 10.2. The molecule has 12 nitrogen and oxygen atoms in total. The van der Waals surface area contributed by atoms with Gasteiger partial charge in [0, 0.05) is 0 Å². The topological polar surface area (TPSA) is 156 Å². The molecule has 0 saturated heterocycles. The number of amides is 2. The van der Waals surface area contributed by atoms with Crippen LogP contribution in [-0.2, 0) is 9.59 Å². The molecule has 2 aromatic carbocycles. The summed E-state index contributed by atoms with van der Waals surface area (Å²) in [6, 6.07) is 11.8. The van der Waals surface area contributed by atoms with Gasteiger partial charge in [-0.15, -0.1) is 5.10 Å². The zero-order valence-corrected chi connectivity index (χ0v) is 16.5. The first-order chi connectivity index (χ1) is 15.0. The molecule has 1 aromatic heterocycles. The Morgan fingerprint density at radius 3 is 2.61 bits per heavy atom. The molecule has 160 valence electrons. The van der Waals surface area contributed by atoms with Crippen LogP contribution in [0.15, 0.2) is 53.9 Å². The molecule has 0 bridgehead atoms. The van der Waals surface area contributed by atoms with E-state index < -0.39 is 11.8 Å². The highest BCUT2D eigenvalue weighted by molar-refractivity contribution is 5.83. The highest BCUT2D eigenvalue weighted by Crippen LogP contribution is 2.27. The molecule has 0 fully saturated rings. The molecular formula is C19H19N7O5. The van der Waals surface area contributed by atoms with Crippen LogP contribution >= 0.6 is 0 Å². The van der Waals surface area contributed by atoms with E-state index >= 15 is 0 Å². The van der Waals surface area contributed by atoms with Crippen molar-refractivity contribution >= 4 is 18.0 Å². The van der Waals surface area contributed by atoms with Crippen LogP contribution < -0.4 is 25.4 Å². The lowest BCUT2D eigenvalue weighted by molar-refractivity contribution is -0.123. The van der Waals surface area contributed by atoms with Gasteiger partial charge in [-0.05, 0) is 58.5 Å². The smallest absolute Gasteiger partial charge is 0.277 e. The van der Waals surface area contributed by atoms with Gasteiger partial charge in [-0.1, -0.05) is 0 Å². The van der Waals surface area contributed by atoms with E-state index in [9.17, 15) is 9.59 Å². The van der Waals surface area contributed by atoms with Gasteiger partial charge in [-0.2, -0.15) is 5.10 Å². The number of nitrogens with zero attached hydrogens (tertiary/aromatic N) is 5. The third-order valence-corrected chi connectivity index (χ3v) is 3.78. The fourth-order valence-electron chi connectivity index (χ4n) is 2.37. The summed E-state index contributed by atoms with van der Waals surface area (Å²) in [5.74, 6) is 0.231. The Morgan fingerprint density at radius 1 is 1.13 bits per heavy atom. The van der Waals surface area contributed by atoms with E-state index in [0.717, 1.165) is 5.69 Å². The average Bonchev–Trinajstić information content (AvgIpc) is 3.32. The number of tetrazole rings is 1. The van der Waals surface area contributed by atoms with Crippen LogP contribution in [0.25, 0.3) is 5.69 Å². The lowest BCUT2D eigenvalue weighted by Crippen LogP contribution is -2.24. The van der Waals surface area contributed by atoms with Gasteiger partial charge in [-0.25, -0.2) is 10.1 Å². The third-order valence-electron chi connectivity index (χ3n) is 3.78. The Balaban J connectivity index is 1.48. The predicted octanol–water partition coefficient (Wildman–Crippen LogP) is 0.0641. The number of methoxy groups -OCH3 is 1. The fraction of sp³-hybridized carbons (Fsp3) is 0.158. The van der Waals surface area contributed by atoms with Crippen molar-refractivity contribution in [2.45, 2.75) is 0 Å². The molecule has 0 unspecified atom stereocenters. The second kappa shape index (κ2) is 10.3. The molecule has 31 heavy (non-hydrogen) atoms. The first-order valence-corrected chi connectivity index (χ1v) is 8.92. The number of ether oxygens (including phenoxy) is 3. The Kier molecular flexibility index (Phi) is 7.08. The van der Waals surface area contributed by atoms with Crippen LogP contribution in [0.3, 0.4) is 0 Å². The summed E-state index contributed by atoms with van der Waals surface area (Å²) in [6.07, 6.45) is 2.90. The molecule has 3 aromatic rings. The van der Waals surface area contributed by atoms with E-state index in [1.807, 2.05) is 0 Å². The van der Waals surface area contributed by atoms with E-state index in [4.69, 9.17) is 19.9 Å². The third kappa shape index (κ3) is 6.25. The van der Waals surface area contributed by atoms with E-state index in [1.54, 1.807) is 42.5 Å². The van der Waals surface area contributed by atoms with Crippen LogP contribution in [0, 0.1) is 0 Å². The van der Waals surface area contributed by atoms with Gasteiger partial charge < -0.3 is 19.9 Å². The minimum absolute atomic E-state index is 0.217. The number of nitrogens with one attached hydrogen (secondary N) is 1. The number of hydrogen-bond acceptors (Lipinski definition) is 9. The Hall–Kier alpha value is -4.48. The van der Waals surface area contributed by atoms with Gasteiger partial charge in [0.25, 0.3) is 11.8 Å². The van der Waals surface area contributed by atoms with Crippen molar-refractivity contribution in [3.63, 3.8) is 0 Å². The van der Waals surface area contributed by atoms with Crippen molar-refractivity contribution in [2.75, 3.05) is 20.3 Å². The van der Waals surface area contributed by atoms with Crippen LogP contribution in [0.1, 0.15) is 5.56 Å². The van der Waals surface area contributed by atoms with Gasteiger partial charge in [0.1, 0.15) is 12.1 Å². The molecule has 0 atom stereocenters. The summed E-state index contributed by atoms with van der Waals surface area (Å²) >= 11 is 0. The zero-order chi connectivity index (χ0) is 22.1. The van der Waals surface area contributed by atoms with Gasteiger partial charge >= 0.3 is 0 Å². The number of carbonyl (C=O) groups is 2. The summed E-state index contributed by atoms with van der Waals surface area (Å²) in [4.78, 5) is 22.7. The standard InChI is InChI=1S/C19H19N7O5/c1-29-17-8-13(2-7-16(17)31-10-18(20)27)9-21-23-19(28)11-30-15-5-3-14(4-6-15)26-12-22-24-25-26/h2-9,12H,10-11H2,1H3,(H2,20,27)(H,23,28)/b21-9-. The number of aromatic nitrogens is 4.